The van der Waals surface area contributed by atoms with Crippen LogP contribution in [0.15, 0.2) is 66.7 Å². The Labute approximate surface area is 181 Å². The minimum Gasteiger partial charge on any atom is -0.494 e. The number of benzene rings is 3. The second-order valence-corrected chi connectivity index (χ2v) is 7.71. The number of para-hydroxylation sites is 1. The highest BCUT2D eigenvalue weighted by Crippen LogP contribution is 2.31. The molecule has 0 saturated heterocycles. The van der Waals surface area contributed by atoms with Crippen molar-refractivity contribution in [3.8, 4) is 11.5 Å². The Morgan fingerprint density at radius 1 is 0.839 bits per heavy atom. The van der Waals surface area contributed by atoms with E-state index in [1.54, 1.807) is 0 Å². The first kappa shape index (κ1) is 20.8. The predicted octanol–water partition coefficient (Wildman–Crippen LogP) is 5.82. The van der Waals surface area contributed by atoms with Crippen molar-refractivity contribution in [1.82, 2.24) is 4.57 Å². The summed E-state index contributed by atoms with van der Waals surface area (Å²) < 4.78 is 13.8. The minimum atomic E-state index is -0.800. The molecule has 0 unspecified atom stereocenters. The van der Waals surface area contributed by atoms with Crippen molar-refractivity contribution in [3.05, 3.63) is 72.3 Å². The second-order valence-electron chi connectivity index (χ2n) is 7.71. The van der Waals surface area contributed by atoms with Gasteiger partial charge in [0.05, 0.1) is 25.2 Å². The van der Waals surface area contributed by atoms with Crippen LogP contribution in [0, 0.1) is 6.92 Å². The van der Waals surface area contributed by atoms with Crippen molar-refractivity contribution in [2.75, 3.05) is 13.2 Å². The van der Waals surface area contributed by atoms with E-state index in [2.05, 4.69) is 23.6 Å². The molecule has 4 aromatic rings. The van der Waals surface area contributed by atoms with Crippen LogP contribution in [0.3, 0.4) is 0 Å². The molecule has 5 heteroatoms. The SMILES string of the molecule is Cc1ccc(OCCCCOc2ccc3c4ccccc4n(CCC(=O)O)c3c2)cc1. The molecule has 0 spiro atoms. The van der Waals surface area contributed by atoms with E-state index in [-0.39, 0.29) is 6.42 Å². The van der Waals surface area contributed by atoms with E-state index in [4.69, 9.17) is 14.6 Å². The maximum atomic E-state index is 11.1. The number of unbranched alkanes of at least 4 members (excludes halogenated alkanes) is 1. The highest BCUT2D eigenvalue weighted by molar-refractivity contribution is 6.08. The summed E-state index contributed by atoms with van der Waals surface area (Å²) >= 11 is 0. The van der Waals surface area contributed by atoms with Gasteiger partial charge < -0.3 is 19.1 Å². The molecule has 4 rings (SSSR count). The van der Waals surface area contributed by atoms with Gasteiger partial charge in [-0.05, 0) is 50.1 Å². The summed E-state index contributed by atoms with van der Waals surface area (Å²) in [6.45, 7) is 3.76. The summed E-state index contributed by atoms with van der Waals surface area (Å²) in [7, 11) is 0. The second kappa shape index (κ2) is 9.56. The molecule has 0 aliphatic heterocycles. The van der Waals surface area contributed by atoms with Crippen molar-refractivity contribution in [2.45, 2.75) is 32.7 Å². The molecule has 160 valence electrons. The number of carboxylic acid groups (broad SMARTS) is 1. The average Bonchev–Trinajstić information content (AvgIpc) is 3.09. The molecule has 0 atom stereocenters. The maximum absolute atomic E-state index is 11.1. The molecule has 3 aromatic carbocycles. The molecule has 5 nitrogen and oxygen atoms in total. The first-order valence-corrected chi connectivity index (χ1v) is 10.7. The van der Waals surface area contributed by atoms with Crippen molar-refractivity contribution in [3.63, 3.8) is 0 Å². The Kier molecular flexibility index (Phi) is 6.41. The maximum Gasteiger partial charge on any atom is 0.305 e. The summed E-state index contributed by atoms with van der Waals surface area (Å²) in [6, 6.07) is 22.2. The normalized spacial score (nSPS) is 11.1. The molecule has 31 heavy (non-hydrogen) atoms. The first-order valence-electron chi connectivity index (χ1n) is 10.7. The van der Waals surface area contributed by atoms with Gasteiger partial charge in [0, 0.05) is 28.9 Å². The lowest BCUT2D eigenvalue weighted by Gasteiger charge is -2.09. The highest BCUT2D eigenvalue weighted by Gasteiger charge is 2.12. The first-order chi connectivity index (χ1) is 15.1. The van der Waals surface area contributed by atoms with Crippen LogP contribution in [0.1, 0.15) is 24.8 Å². The third-order valence-corrected chi connectivity index (χ3v) is 5.39. The highest BCUT2D eigenvalue weighted by atomic mass is 16.5. The number of hydrogen-bond donors (Lipinski definition) is 1. The number of nitrogens with zero attached hydrogens (tertiary/aromatic N) is 1. The topological polar surface area (TPSA) is 60.7 Å². The van der Waals surface area contributed by atoms with E-state index in [1.807, 2.05) is 54.6 Å². The lowest BCUT2D eigenvalue weighted by Crippen LogP contribution is -2.05. The lowest BCUT2D eigenvalue weighted by atomic mass is 10.1. The molecule has 0 aliphatic rings. The smallest absolute Gasteiger partial charge is 0.305 e. The molecule has 0 saturated carbocycles. The van der Waals surface area contributed by atoms with Gasteiger partial charge in [-0.3, -0.25) is 4.79 Å². The fourth-order valence-electron chi connectivity index (χ4n) is 3.79. The lowest BCUT2D eigenvalue weighted by molar-refractivity contribution is -0.137. The Balaban J connectivity index is 1.38. The summed E-state index contributed by atoms with van der Waals surface area (Å²) in [5.41, 5.74) is 3.27. The third-order valence-electron chi connectivity index (χ3n) is 5.39. The van der Waals surface area contributed by atoms with Gasteiger partial charge in [0.25, 0.3) is 0 Å². The van der Waals surface area contributed by atoms with Gasteiger partial charge in [-0.15, -0.1) is 0 Å². The van der Waals surface area contributed by atoms with Gasteiger partial charge in [0.15, 0.2) is 0 Å². The van der Waals surface area contributed by atoms with Crippen molar-refractivity contribution < 1.29 is 19.4 Å². The summed E-state index contributed by atoms with van der Waals surface area (Å²) in [5, 5.41) is 11.4. The largest absolute Gasteiger partial charge is 0.494 e. The molecular weight excluding hydrogens is 390 g/mol. The van der Waals surface area contributed by atoms with Gasteiger partial charge in [0.1, 0.15) is 11.5 Å². The van der Waals surface area contributed by atoms with Crippen LogP contribution >= 0.6 is 0 Å². The van der Waals surface area contributed by atoms with E-state index >= 15 is 0 Å². The van der Waals surface area contributed by atoms with Crippen LogP contribution in [0.2, 0.25) is 0 Å². The number of rotatable bonds is 10. The van der Waals surface area contributed by atoms with Crippen LogP contribution in [-0.4, -0.2) is 28.9 Å². The van der Waals surface area contributed by atoms with Gasteiger partial charge in [-0.1, -0.05) is 35.9 Å². The predicted molar refractivity (Wildman–Crippen MR) is 123 cm³/mol. The quantitative estimate of drug-likeness (QED) is 0.331. The van der Waals surface area contributed by atoms with E-state index in [0.29, 0.717) is 19.8 Å². The minimum absolute atomic E-state index is 0.0832. The zero-order valence-electron chi connectivity index (χ0n) is 17.7. The number of fused-ring (bicyclic) bond motifs is 3. The van der Waals surface area contributed by atoms with Crippen LogP contribution < -0.4 is 9.47 Å². The standard InChI is InChI=1S/C26H27NO4/c1-19-8-10-20(11-9-19)30-16-4-5-17-31-21-12-13-23-22-6-2-3-7-24(22)27(25(23)18-21)15-14-26(28)29/h2-3,6-13,18H,4-5,14-17H2,1H3,(H,28,29). The number of carbonyl (C=O) groups is 1. The van der Waals surface area contributed by atoms with Gasteiger partial charge in [-0.2, -0.15) is 0 Å². The molecule has 1 aromatic heterocycles. The monoisotopic (exact) mass is 417 g/mol. The summed E-state index contributed by atoms with van der Waals surface area (Å²) in [4.78, 5) is 11.1. The van der Waals surface area contributed by atoms with E-state index in [0.717, 1.165) is 46.1 Å². The fraction of sp³-hybridized carbons (Fsp3) is 0.269. The summed E-state index contributed by atoms with van der Waals surface area (Å²) in [6.07, 6.45) is 1.89. The molecule has 1 heterocycles. The Morgan fingerprint density at radius 3 is 2.23 bits per heavy atom. The molecule has 0 fully saturated rings. The number of hydrogen-bond acceptors (Lipinski definition) is 3. The molecular formula is C26H27NO4. The summed E-state index contributed by atoms with van der Waals surface area (Å²) in [5.74, 6) is 0.892. The Hall–Kier alpha value is -3.47. The zero-order valence-corrected chi connectivity index (χ0v) is 17.7. The van der Waals surface area contributed by atoms with Crippen molar-refractivity contribution in [1.29, 1.82) is 0 Å². The fourth-order valence-corrected chi connectivity index (χ4v) is 3.79. The number of aryl methyl sites for hydroxylation is 2. The zero-order chi connectivity index (χ0) is 21.6. The number of carboxylic acids is 1. The van der Waals surface area contributed by atoms with Gasteiger partial charge in [-0.25, -0.2) is 0 Å². The molecule has 0 aliphatic carbocycles. The average molecular weight is 418 g/mol. The van der Waals surface area contributed by atoms with E-state index in [1.165, 1.54) is 5.56 Å². The number of aromatic nitrogens is 1. The van der Waals surface area contributed by atoms with Crippen LogP contribution in [0.5, 0.6) is 11.5 Å². The van der Waals surface area contributed by atoms with Gasteiger partial charge in [0.2, 0.25) is 0 Å². The Morgan fingerprint density at radius 2 is 1.48 bits per heavy atom. The van der Waals surface area contributed by atoms with Crippen LogP contribution in [-0.2, 0) is 11.3 Å². The molecule has 0 bridgehead atoms. The van der Waals surface area contributed by atoms with Crippen molar-refractivity contribution >= 4 is 27.8 Å². The van der Waals surface area contributed by atoms with Gasteiger partial charge >= 0.3 is 5.97 Å². The van der Waals surface area contributed by atoms with E-state index < -0.39 is 5.97 Å². The number of ether oxygens (including phenoxy) is 2. The van der Waals surface area contributed by atoms with Crippen molar-refractivity contribution in [2.24, 2.45) is 0 Å². The van der Waals surface area contributed by atoms with Crippen LogP contribution in [0.25, 0.3) is 21.8 Å². The molecule has 1 N–H and O–H groups in total. The number of aliphatic carboxylic acids is 1. The van der Waals surface area contributed by atoms with E-state index in [9.17, 15) is 4.79 Å². The third kappa shape index (κ3) is 5.00. The molecule has 0 amide bonds. The molecule has 0 radical (unpaired) electrons. The Bertz CT molecular complexity index is 1180. The van der Waals surface area contributed by atoms with Crippen LogP contribution in [0.4, 0.5) is 0 Å².